The lowest BCUT2D eigenvalue weighted by Crippen LogP contribution is -2.71. The van der Waals surface area contributed by atoms with Gasteiger partial charge in [0.1, 0.15) is 0 Å². The van der Waals surface area contributed by atoms with Crippen molar-refractivity contribution in [1.29, 1.82) is 0 Å². The maximum Gasteiger partial charge on any atom is 0.193 e. The molecule has 0 spiro atoms. The third kappa shape index (κ3) is 3.36. The molecule has 3 aliphatic rings. The Labute approximate surface area is 140 Å². The van der Waals surface area contributed by atoms with Crippen LogP contribution in [0.1, 0.15) is 40.0 Å². The third-order valence-electron chi connectivity index (χ3n) is 5.84. The van der Waals surface area contributed by atoms with Crippen molar-refractivity contribution in [1.82, 2.24) is 10.2 Å². The SMILES string of the molecule is CCN=C(NC1C2CCCOC2C1(C)C)N(C)CC1CCOC1. The monoisotopic (exact) mass is 323 g/mol. The summed E-state index contributed by atoms with van der Waals surface area (Å²) < 4.78 is 11.5. The Bertz CT molecular complexity index is 432. The van der Waals surface area contributed by atoms with Gasteiger partial charge >= 0.3 is 0 Å². The van der Waals surface area contributed by atoms with Crippen molar-refractivity contribution in [2.45, 2.75) is 52.2 Å². The van der Waals surface area contributed by atoms with Crippen LogP contribution in [0, 0.1) is 17.3 Å². The molecule has 3 rings (SSSR count). The third-order valence-corrected chi connectivity index (χ3v) is 5.84. The summed E-state index contributed by atoms with van der Waals surface area (Å²) >= 11 is 0. The minimum absolute atomic E-state index is 0.177. The molecule has 2 aliphatic heterocycles. The van der Waals surface area contributed by atoms with E-state index >= 15 is 0 Å². The lowest BCUT2D eigenvalue weighted by molar-refractivity contribution is -0.188. The van der Waals surface area contributed by atoms with Gasteiger partial charge in [-0.1, -0.05) is 13.8 Å². The van der Waals surface area contributed by atoms with Crippen molar-refractivity contribution >= 4 is 5.96 Å². The Morgan fingerprint density at radius 2 is 2.13 bits per heavy atom. The highest BCUT2D eigenvalue weighted by Gasteiger charge is 2.58. The van der Waals surface area contributed by atoms with Crippen LogP contribution in [-0.2, 0) is 9.47 Å². The molecule has 4 unspecified atom stereocenters. The Balaban J connectivity index is 1.63. The molecule has 0 aromatic heterocycles. The molecule has 5 heteroatoms. The molecule has 1 N–H and O–H groups in total. The number of nitrogens with one attached hydrogen (secondary N) is 1. The zero-order valence-corrected chi connectivity index (χ0v) is 15.2. The first-order valence-corrected chi connectivity index (χ1v) is 9.25. The maximum absolute atomic E-state index is 6.02. The Hall–Kier alpha value is -0.810. The van der Waals surface area contributed by atoms with Gasteiger partial charge in [0.15, 0.2) is 5.96 Å². The number of hydrogen-bond donors (Lipinski definition) is 1. The Morgan fingerprint density at radius 3 is 2.83 bits per heavy atom. The number of ether oxygens (including phenoxy) is 2. The molecular formula is C18H33N3O2. The van der Waals surface area contributed by atoms with E-state index in [2.05, 4.69) is 38.0 Å². The predicted octanol–water partition coefficient (Wildman–Crippen LogP) is 2.12. The fourth-order valence-electron chi connectivity index (χ4n) is 4.58. The van der Waals surface area contributed by atoms with Crippen molar-refractivity contribution in [3.8, 4) is 0 Å². The lowest BCUT2D eigenvalue weighted by atomic mass is 9.55. The van der Waals surface area contributed by atoms with Gasteiger partial charge in [0, 0.05) is 56.6 Å². The molecule has 0 radical (unpaired) electrons. The van der Waals surface area contributed by atoms with Gasteiger partial charge in [0.2, 0.25) is 0 Å². The summed E-state index contributed by atoms with van der Waals surface area (Å²) in [5.41, 5.74) is 0.177. The summed E-state index contributed by atoms with van der Waals surface area (Å²) in [6, 6.07) is 0.459. The molecule has 0 aromatic carbocycles. The first-order chi connectivity index (χ1) is 11.0. The zero-order valence-electron chi connectivity index (χ0n) is 15.2. The average molecular weight is 323 g/mol. The highest BCUT2D eigenvalue weighted by Crippen LogP contribution is 2.51. The van der Waals surface area contributed by atoms with Gasteiger partial charge in [-0.05, 0) is 26.2 Å². The van der Waals surface area contributed by atoms with Crippen LogP contribution in [0.3, 0.4) is 0 Å². The minimum Gasteiger partial charge on any atom is -0.381 e. The number of fused-ring (bicyclic) bond motifs is 1. The lowest BCUT2D eigenvalue weighted by Gasteiger charge is -2.60. The fourth-order valence-corrected chi connectivity index (χ4v) is 4.58. The van der Waals surface area contributed by atoms with E-state index in [1.165, 1.54) is 12.8 Å². The van der Waals surface area contributed by atoms with Gasteiger partial charge < -0.3 is 19.7 Å². The second-order valence-electron chi connectivity index (χ2n) is 7.95. The van der Waals surface area contributed by atoms with E-state index < -0.39 is 0 Å². The van der Waals surface area contributed by atoms with Crippen molar-refractivity contribution < 1.29 is 9.47 Å². The van der Waals surface area contributed by atoms with Crippen LogP contribution in [0.25, 0.3) is 0 Å². The highest BCUT2D eigenvalue weighted by molar-refractivity contribution is 5.80. The molecule has 1 saturated carbocycles. The van der Waals surface area contributed by atoms with Crippen LogP contribution in [0.5, 0.6) is 0 Å². The van der Waals surface area contributed by atoms with Crippen LogP contribution in [0.4, 0.5) is 0 Å². The van der Waals surface area contributed by atoms with Gasteiger partial charge in [-0.3, -0.25) is 4.99 Å². The quantitative estimate of drug-likeness (QED) is 0.636. The molecule has 3 fully saturated rings. The van der Waals surface area contributed by atoms with Crippen LogP contribution in [0.2, 0.25) is 0 Å². The fraction of sp³-hybridized carbons (Fsp3) is 0.944. The largest absolute Gasteiger partial charge is 0.381 e. The molecular weight excluding hydrogens is 290 g/mol. The molecule has 1 aliphatic carbocycles. The average Bonchev–Trinajstić information content (AvgIpc) is 3.04. The summed E-state index contributed by atoms with van der Waals surface area (Å²) in [5, 5.41) is 3.77. The molecule has 132 valence electrons. The Kier molecular flexibility index (Phi) is 5.16. The van der Waals surface area contributed by atoms with Crippen LogP contribution in [0.15, 0.2) is 4.99 Å². The van der Waals surface area contributed by atoms with E-state index in [1.807, 2.05) is 0 Å². The predicted molar refractivity (Wildman–Crippen MR) is 92.7 cm³/mol. The molecule has 2 saturated heterocycles. The summed E-state index contributed by atoms with van der Waals surface area (Å²) in [4.78, 5) is 7.03. The topological polar surface area (TPSA) is 46.1 Å². The molecule has 0 aromatic rings. The summed E-state index contributed by atoms with van der Waals surface area (Å²) in [6.07, 6.45) is 4.03. The van der Waals surface area contributed by atoms with Crippen molar-refractivity contribution in [3.63, 3.8) is 0 Å². The minimum atomic E-state index is 0.177. The summed E-state index contributed by atoms with van der Waals surface area (Å²) in [7, 11) is 2.15. The summed E-state index contributed by atoms with van der Waals surface area (Å²) in [5.74, 6) is 2.30. The van der Waals surface area contributed by atoms with Crippen molar-refractivity contribution in [2.24, 2.45) is 22.2 Å². The second kappa shape index (κ2) is 6.98. The molecule has 4 atom stereocenters. The normalized spacial score (nSPS) is 36.3. The first-order valence-electron chi connectivity index (χ1n) is 9.25. The van der Waals surface area contributed by atoms with E-state index in [4.69, 9.17) is 14.5 Å². The van der Waals surface area contributed by atoms with Crippen molar-refractivity contribution in [2.75, 3.05) is 40.0 Å². The highest BCUT2D eigenvalue weighted by atomic mass is 16.5. The van der Waals surface area contributed by atoms with E-state index in [0.29, 0.717) is 24.0 Å². The molecule has 0 amide bonds. The standard InChI is InChI=1S/C18H33N3O2/c1-5-19-17(21(4)11-13-8-10-22-12-13)20-15-14-7-6-9-23-16(14)18(15,2)3/h13-16H,5-12H2,1-4H3,(H,19,20). The molecule has 0 bridgehead atoms. The van der Waals surface area contributed by atoms with Crippen LogP contribution in [-0.4, -0.2) is 63.0 Å². The van der Waals surface area contributed by atoms with Gasteiger partial charge in [-0.25, -0.2) is 0 Å². The molecule has 2 heterocycles. The van der Waals surface area contributed by atoms with Gasteiger partial charge in [-0.15, -0.1) is 0 Å². The number of aliphatic imine (C=N–C) groups is 1. The van der Waals surface area contributed by atoms with Crippen LogP contribution >= 0.6 is 0 Å². The second-order valence-corrected chi connectivity index (χ2v) is 7.95. The number of rotatable bonds is 4. The Morgan fingerprint density at radius 1 is 1.30 bits per heavy atom. The number of nitrogens with zero attached hydrogens (tertiary/aromatic N) is 2. The van der Waals surface area contributed by atoms with Gasteiger partial charge in [0.25, 0.3) is 0 Å². The van der Waals surface area contributed by atoms with E-state index in [1.54, 1.807) is 0 Å². The molecule has 5 nitrogen and oxygen atoms in total. The number of hydrogen-bond acceptors (Lipinski definition) is 3. The van der Waals surface area contributed by atoms with E-state index in [9.17, 15) is 0 Å². The van der Waals surface area contributed by atoms with Gasteiger partial charge in [-0.2, -0.15) is 0 Å². The smallest absolute Gasteiger partial charge is 0.193 e. The van der Waals surface area contributed by atoms with E-state index in [-0.39, 0.29) is 5.41 Å². The van der Waals surface area contributed by atoms with Crippen molar-refractivity contribution in [3.05, 3.63) is 0 Å². The first kappa shape index (κ1) is 17.0. The maximum atomic E-state index is 6.02. The zero-order chi connectivity index (χ0) is 16.4. The molecule has 23 heavy (non-hydrogen) atoms. The number of guanidine groups is 1. The summed E-state index contributed by atoms with van der Waals surface area (Å²) in [6.45, 7) is 11.3. The van der Waals surface area contributed by atoms with Crippen LogP contribution < -0.4 is 5.32 Å². The van der Waals surface area contributed by atoms with E-state index in [0.717, 1.165) is 45.3 Å². The van der Waals surface area contributed by atoms with Gasteiger partial charge in [0.05, 0.1) is 12.7 Å².